The summed E-state index contributed by atoms with van der Waals surface area (Å²) >= 11 is 4.36. The lowest BCUT2D eigenvalue weighted by Crippen LogP contribution is -2.08. The van der Waals surface area contributed by atoms with Gasteiger partial charge in [-0.05, 0) is 124 Å². The predicted molar refractivity (Wildman–Crippen MR) is 143 cm³/mol. The highest BCUT2D eigenvalue weighted by atomic mass is 127. The quantitative estimate of drug-likeness (QED) is 0.132. The summed E-state index contributed by atoms with van der Waals surface area (Å²) in [6.45, 7) is 1.11. The van der Waals surface area contributed by atoms with E-state index in [9.17, 15) is 4.79 Å². The molecule has 0 bridgehead atoms. The maximum atomic E-state index is 12.2. The highest BCUT2D eigenvalue weighted by molar-refractivity contribution is 14.1. The lowest BCUT2D eigenvalue weighted by molar-refractivity contribution is 0.0496. The van der Waals surface area contributed by atoms with Gasteiger partial charge in [-0.2, -0.15) is 5.26 Å². The Kier molecular flexibility index (Phi) is 9.81. The summed E-state index contributed by atoms with van der Waals surface area (Å²) < 4.78 is 13.2. The van der Waals surface area contributed by atoms with Gasteiger partial charge in [-0.25, -0.2) is 4.79 Å². The van der Waals surface area contributed by atoms with Gasteiger partial charge in [-0.15, -0.1) is 0 Å². The normalized spacial score (nSPS) is 10.4. The number of hydrogen-bond donors (Lipinski definition) is 0. The summed E-state index contributed by atoms with van der Waals surface area (Å²) in [6, 6.07) is 23.4. The fourth-order valence-corrected chi connectivity index (χ4v) is 4.17. The molecule has 0 aromatic heterocycles. The summed E-state index contributed by atoms with van der Waals surface area (Å²) in [5.74, 6) is 0.601. The first-order chi connectivity index (χ1) is 15.6. The number of carbonyl (C=O) groups is 1. The van der Waals surface area contributed by atoms with Crippen molar-refractivity contribution in [3.05, 3.63) is 85.0 Å². The molecule has 0 atom stereocenters. The molecule has 0 radical (unpaired) electrons. The fourth-order valence-electron chi connectivity index (χ4n) is 3.13. The van der Waals surface area contributed by atoms with Crippen molar-refractivity contribution >= 4 is 51.2 Å². The van der Waals surface area contributed by atoms with Crippen LogP contribution in [0.4, 0.5) is 0 Å². The van der Waals surface area contributed by atoms with Gasteiger partial charge < -0.3 is 9.47 Å². The molecule has 3 aromatic rings. The molecule has 0 saturated carbocycles. The van der Waals surface area contributed by atoms with E-state index in [1.54, 1.807) is 0 Å². The van der Waals surface area contributed by atoms with E-state index in [1.807, 2.05) is 66.7 Å². The van der Waals surface area contributed by atoms with Crippen LogP contribution in [0.25, 0.3) is 11.1 Å². The monoisotopic (exact) mass is 651 g/mol. The van der Waals surface area contributed by atoms with Crippen molar-refractivity contribution in [2.24, 2.45) is 0 Å². The van der Waals surface area contributed by atoms with E-state index >= 15 is 0 Å². The van der Waals surface area contributed by atoms with Gasteiger partial charge in [0.25, 0.3) is 0 Å². The lowest BCUT2D eigenvalue weighted by Gasteiger charge is -2.08. The molecule has 0 unspecified atom stereocenters. The first-order valence-electron chi connectivity index (χ1n) is 10.4. The molecule has 0 spiro atoms. The topological polar surface area (TPSA) is 59.3 Å². The summed E-state index contributed by atoms with van der Waals surface area (Å²) in [7, 11) is 0. The first kappa shape index (κ1) is 24.5. The van der Waals surface area contributed by atoms with Crippen molar-refractivity contribution in [1.82, 2.24) is 0 Å². The van der Waals surface area contributed by atoms with Gasteiger partial charge in [0.2, 0.25) is 0 Å². The van der Waals surface area contributed by atoms with Gasteiger partial charge in [0.05, 0.1) is 30.4 Å². The molecule has 4 nitrogen and oxygen atoms in total. The third kappa shape index (κ3) is 7.48. The molecule has 3 rings (SSSR count). The number of carbonyl (C=O) groups excluding carboxylic acids is 1. The van der Waals surface area contributed by atoms with Crippen LogP contribution in [0, 0.1) is 18.5 Å². The SMILES string of the molecule is N#Cc1ccc(-c2ccc(OCCCCCCOC(=O)c3cc(I)ccc3I)cc2)cc1. The number of ether oxygens (including phenoxy) is 2. The first-order valence-corrected chi connectivity index (χ1v) is 12.6. The number of halogens is 2. The van der Waals surface area contributed by atoms with E-state index in [2.05, 4.69) is 51.3 Å². The van der Waals surface area contributed by atoms with Crippen LogP contribution >= 0.6 is 45.2 Å². The summed E-state index contributed by atoms with van der Waals surface area (Å²) in [5, 5.41) is 8.89. The van der Waals surface area contributed by atoms with Gasteiger partial charge in [0, 0.05) is 7.14 Å². The zero-order valence-electron chi connectivity index (χ0n) is 17.5. The molecule has 0 aliphatic rings. The van der Waals surface area contributed by atoms with Crippen molar-refractivity contribution in [2.75, 3.05) is 13.2 Å². The van der Waals surface area contributed by atoms with Crippen LogP contribution in [0.2, 0.25) is 0 Å². The highest BCUT2D eigenvalue weighted by Gasteiger charge is 2.11. The Morgan fingerprint density at radius 3 is 2.09 bits per heavy atom. The Morgan fingerprint density at radius 1 is 0.812 bits per heavy atom. The van der Waals surface area contributed by atoms with Gasteiger partial charge >= 0.3 is 5.97 Å². The van der Waals surface area contributed by atoms with Crippen LogP contribution in [0.15, 0.2) is 66.7 Å². The Hall–Kier alpha value is -2.12. The van der Waals surface area contributed by atoms with E-state index in [1.165, 1.54) is 0 Å². The van der Waals surface area contributed by atoms with Crippen LogP contribution in [-0.4, -0.2) is 19.2 Å². The van der Waals surface area contributed by atoms with Crippen LogP contribution in [-0.2, 0) is 4.74 Å². The standard InChI is InChI=1S/C26H23I2NO3/c27-22-11-14-25(28)24(17-22)26(30)32-16-4-2-1-3-15-31-23-12-9-21(10-13-23)20-7-5-19(18-29)6-8-20/h5-14,17H,1-4,15-16H2. The minimum Gasteiger partial charge on any atom is -0.494 e. The molecule has 0 N–H and O–H groups in total. The Morgan fingerprint density at radius 2 is 1.44 bits per heavy atom. The third-order valence-corrected chi connectivity index (χ3v) is 6.50. The van der Waals surface area contributed by atoms with Gasteiger partial charge in [-0.1, -0.05) is 24.3 Å². The second-order valence-electron chi connectivity index (χ2n) is 7.24. The number of rotatable bonds is 10. The molecule has 0 aliphatic heterocycles. The summed E-state index contributed by atoms with van der Waals surface area (Å²) in [5.41, 5.74) is 3.47. The maximum absolute atomic E-state index is 12.2. The van der Waals surface area contributed by atoms with Crippen LogP contribution in [0.1, 0.15) is 41.6 Å². The van der Waals surface area contributed by atoms with Crippen molar-refractivity contribution in [3.63, 3.8) is 0 Å². The van der Waals surface area contributed by atoms with E-state index in [-0.39, 0.29) is 5.97 Å². The molecule has 3 aromatic carbocycles. The summed E-state index contributed by atoms with van der Waals surface area (Å²) in [4.78, 5) is 12.2. The van der Waals surface area contributed by atoms with Gasteiger partial charge in [0.15, 0.2) is 0 Å². The van der Waals surface area contributed by atoms with Crippen LogP contribution < -0.4 is 4.74 Å². The van der Waals surface area contributed by atoms with E-state index < -0.39 is 0 Å². The van der Waals surface area contributed by atoms with Gasteiger partial charge in [0.1, 0.15) is 5.75 Å². The Balaban J connectivity index is 1.30. The molecule has 0 amide bonds. The lowest BCUT2D eigenvalue weighted by atomic mass is 10.0. The van der Waals surface area contributed by atoms with Gasteiger partial charge in [-0.3, -0.25) is 0 Å². The second kappa shape index (κ2) is 12.8. The second-order valence-corrected chi connectivity index (χ2v) is 9.64. The van der Waals surface area contributed by atoms with Crippen molar-refractivity contribution in [3.8, 4) is 22.9 Å². The van der Waals surface area contributed by atoms with Crippen LogP contribution in [0.3, 0.4) is 0 Å². The molecule has 32 heavy (non-hydrogen) atoms. The highest BCUT2D eigenvalue weighted by Crippen LogP contribution is 2.23. The smallest absolute Gasteiger partial charge is 0.339 e. The number of nitrogens with zero attached hydrogens (tertiary/aromatic N) is 1. The molecule has 0 saturated heterocycles. The average molecular weight is 651 g/mol. The Bertz CT molecular complexity index is 1070. The minimum atomic E-state index is -0.249. The molecule has 0 aliphatic carbocycles. The van der Waals surface area contributed by atoms with Crippen LogP contribution in [0.5, 0.6) is 5.75 Å². The van der Waals surface area contributed by atoms with E-state index in [0.29, 0.717) is 24.3 Å². The van der Waals surface area contributed by atoms with Crippen molar-refractivity contribution in [1.29, 1.82) is 5.26 Å². The van der Waals surface area contributed by atoms with Crippen molar-refractivity contribution < 1.29 is 14.3 Å². The van der Waals surface area contributed by atoms with Crippen molar-refractivity contribution in [2.45, 2.75) is 25.7 Å². The average Bonchev–Trinajstić information content (AvgIpc) is 2.82. The molecule has 164 valence electrons. The molecule has 0 heterocycles. The molecule has 0 fully saturated rings. The number of unbranched alkanes of at least 4 members (excludes halogenated alkanes) is 3. The maximum Gasteiger partial charge on any atom is 0.339 e. The largest absolute Gasteiger partial charge is 0.494 e. The number of esters is 1. The third-order valence-electron chi connectivity index (χ3n) is 4.89. The fraction of sp³-hybridized carbons (Fsp3) is 0.231. The molecular formula is C26H23I2NO3. The zero-order valence-corrected chi connectivity index (χ0v) is 21.8. The van der Waals surface area contributed by atoms with E-state index in [4.69, 9.17) is 14.7 Å². The number of hydrogen-bond acceptors (Lipinski definition) is 4. The number of nitriles is 1. The Labute approximate surface area is 216 Å². The zero-order chi connectivity index (χ0) is 22.8. The van der Waals surface area contributed by atoms with E-state index in [0.717, 1.165) is 49.7 Å². The molecule has 6 heteroatoms. The summed E-state index contributed by atoms with van der Waals surface area (Å²) in [6.07, 6.45) is 3.84. The minimum absolute atomic E-state index is 0.249. The molecular weight excluding hydrogens is 628 g/mol. The number of benzene rings is 3. The predicted octanol–water partition coefficient (Wildman–Crippen LogP) is 7.23.